The van der Waals surface area contributed by atoms with Gasteiger partial charge in [-0.3, -0.25) is 38.4 Å². The number of nitrogens with zero attached hydrogens (tertiary/aromatic N) is 2. The molecule has 1 aliphatic heterocycles. The molecule has 3 aliphatic rings. The molecular weight excluding hydrogens is 1180 g/mol. The Labute approximate surface area is 499 Å². The summed E-state index contributed by atoms with van der Waals surface area (Å²) >= 11 is 14.9. The Morgan fingerprint density at radius 3 is 1.07 bits per heavy atom. The fraction of sp³-hybridized carbons (Fsp3) is 0.379. The fourth-order valence-corrected chi connectivity index (χ4v) is 11.3. The number of ether oxygens (including phenoxy) is 10. The largest absolute Gasteiger partial charge is 0.462 e. The molecule has 0 saturated heterocycles. The minimum absolute atomic E-state index is 0.0736. The topological polar surface area (TPSA) is 311 Å². The van der Waals surface area contributed by atoms with Gasteiger partial charge in [0.2, 0.25) is 0 Å². The van der Waals surface area contributed by atoms with Crippen LogP contribution in [-0.2, 0) is 89.6 Å². The molecule has 3 aromatic carbocycles. The van der Waals surface area contributed by atoms with Crippen molar-refractivity contribution < 1.29 is 95.3 Å². The van der Waals surface area contributed by atoms with Gasteiger partial charge in [0.25, 0.3) is 0 Å². The minimum atomic E-state index is -0.682. The van der Waals surface area contributed by atoms with Crippen molar-refractivity contribution in [2.24, 2.45) is 23.7 Å². The summed E-state index contributed by atoms with van der Waals surface area (Å²) in [6, 6.07) is 15.6. The molecule has 6 rings (SSSR count). The van der Waals surface area contributed by atoms with Gasteiger partial charge in [0, 0.05) is 12.2 Å². The highest BCUT2D eigenvalue weighted by Crippen LogP contribution is 2.59. The second kappa shape index (κ2) is 32.6. The Balaban J connectivity index is 0.935. The normalized spacial score (nSPS) is 16.7. The Bertz CT molecular complexity index is 2970. The lowest BCUT2D eigenvalue weighted by Crippen LogP contribution is -2.30. The number of carbonyl (C=O) groups excluding carboxylic acids is 10. The Morgan fingerprint density at radius 1 is 0.464 bits per heavy atom. The van der Waals surface area contributed by atoms with Gasteiger partial charge in [-0.1, -0.05) is 72.0 Å². The van der Waals surface area contributed by atoms with Gasteiger partial charge in [-0.05, 0) is 98.9 Å². The third kappa shape index (κ3) is 19.8. The second-order valence-electron chi connectivity index (χ2n) is 18.6. The molecule has 26 heteroatoms. The van der Waals surface area contributed by atoms with Crippen LogP contribution in [0.5, 0.6) is 23.0 Å². The lowest BCUT2D eigenvalue weighted by molar-refractivity contribution is -0.153. The molecule has 0 atom stereocenters. The van der Waals surface area contributed by atoms with Crippen molar-refractivity contribution >= 4 is 106 Å². The van der Waals surface area contributed by atoms with Crippen LogP contribution < -0.4 is 18.9 Å². The zero-order valence-electron chi connectivity index (χ0n) is 44.9. The molecular formula is C58H54Cl2N2O20S2. The Hall–Kier alpha value is -8.16. The Kier molecular flexibility index (Phi) is 25.2. The number of halogens is 2. The molecule has 3 aromatic rings. The van der Waals surface area contributed by atoms with E-state index in [0.717, 1.165) is 35.7 Å². The van der Waals surface area contributed by atoms with Crippen LogP contribution in [0.1, 0.15) is 88.2 Å². The number of allylic oxidation sites excluding steroid dienone is 1. The van der Waals surface area contributed by atoms with Crippen LogP contribution in [0.25, 0.3) is 0 Å². The van der Waals surface area contributed by atoms with Gasteiger partial charge in [0.05, 0.1) is 73.4 Å². The first kappa shape index (κ1) is 65.0. The molecule has 0 aromatic heterocycles. The summed E-state index contributed by atoms with van der Waals surface area (Å²) in [5.41, 5.74) is 0.771. The summed E-state index contributed by atoms with van der Waals surface area (Å²) in [6.45, 7) is 5.47. The zero-order valence-corrected chi connectivity index (χ0v) is 48.0. The summed E-state index contributed by atoms with van der Waals surface area (Å²) in [5, 5.41) is 19.5. The van der Waals surface area contributed by atoms with Crippen molar-refractivity contribution in [3.05, 3.63) is 105 Å². The van der Waals surface area contributed by atoms with Gasteiger partial charge in [-0.25, -0.2) is 9.59 Å². The molecule has 2 aliphatic carbocycles. The van der Waals surface area contributed by atoms with E-state index in [1.54, 1.807) is 12.1 Å². The van der Waals surface area contributed by atoms with Gasteiger partial charge < -0.3 is 47.4 Å². The van der Waals surface area contributed by atoms with Gasteiger partial charge in [0.15, 0.2) is 0 Å². The molecule has 1 heterocycles. The maximum atomic E-state index is 13.7. The maximum absolute atomic E-state index is 13.7. The summed E-state index contributed by atoms with van der Waals surface area (Å²) < 4.78 is 53.0. The van der Waals surface area contributed by atoms with Gasteiger partial charge >= 0.3 is 59.7 Å². The molecule has 0 spiro atoms. The highest BCUT2D eigenvalue weighted by molar-refractivity contribution is 8.24. The smallest absolute Gasteiger partial charge is 0.330 e. The SMILES string of the molecule is C=CC(=O)OCCOC(=O)CCC(=O)OCc1ccc(OC(=O)[C@H]2CC[C@H](C(=O)Oc3ccc(OC(=O)[C@H]4CC[C@H](C(=O)Oc5ccc(COC(=O)CCC(=O)OCCOC(=O)C=C)cc5Cl)CC4)c4c3SC(=C(C#N)C#N)S4)CC2)c(Cl)c1. The molecule has 0 unspecified atom stereocenters. The standard InChI is InChI=1S/C58H54Cl2N2O20S2/c1-3-46(63)73-23-25-75-48(65)19-21-50(67)77-31-33-5-15-42(40(59)27-33)79-54(69)35-7-11-37(12-8-35)56(71)81-44-17-18-45(53-52(44)83-58(84-53)39(29-61)30-62)82-57(72)38-13-9-36(10-14-38)55(70)80-43-16-6-34(28-41(43)60)32-78-51(68)22-20-49(66)76-26-24-74-47(64)4-2/h3-6,15-18,27-28,35-38H,1-2,7-14,19-26,31-32H2/t35-,36-,37-,38-. The van der Waals surface area contributed by atoms with E-state index in [9.17, 15) is 58.5 Å². The van der Waals surface area contributed by atoms with Gasteiger partial charge in [0.1, 0.15) is 80.4 Å². The molecule has 2 saturated carbocycles. The number of benzene rings is 3. The van der Waals surface area contributed by atoms with Crippen LogP contribution in [0.4, 0.5) is 0 Å². The molecule has 84 heavy (non-hydrogen) atoms. The zero-order chi connectivity index (χ0) is 60.7. The van der Waals surface area contributed by atoms with E-state index in [0.29, 0.717) is 46.6 Å². The van der Waals surface area contributed by atoms with E-state index in [-0.39, 0.29) is 134 Å². The van der Waals surface area contributed by atoms with E-state index in [4.69, 9.17) is 70.6 Å². The predicted octanol–water partition coefficient (Wildman–Crippen LogP) is 9.28. The average Bonchev–Trinajstić information content (AvgIpc) is 4.14. The summed E-state index contributed by atoms with van der Waals surface area (Å²) in [6.07, 6.45) is 3.21. The number of carbonyl (C=O) groups is 10. The van der Waals surface area contributed by atoms with Crippen LogP contribution in [-0.4, -0.2) is 86.1 Å². The number of hydrogen-bond donors (Lipinski definition) is 0. The number of esters is 10. The average molecular weight is 1230 g/mol. The van der Waals surface area contributed by atoms with E-state index in [1.165, 1.54) is 36.4 Å². The molecule has 442 valence electrons. The van der Waals surface area contributed by atoms with Crippen LogP contribution >= 0.6 is 46.7 Å². The van der Waals surface area contributed by atoms with Crippen molar-refractivity contribution in [2.75, 3.05) is 26.4 Å². The van der Waals surface area contributed by atoms with E-state index < -0.39 is 83.4 Å². The van der Waals surface area contributed by atoms with Gasteiger partial charge in [-0.2, -0.15) is 10.5 Å². The molecule has 2 fully saturated rings. The molecule has 22 nitrogen and oxygen atoms in total. The number of fused-ring (bicyclic) bond motifs is 1. The van der Waals surface area contributed by atoms with Crippen molar-refractivity contribution in [3.8, 4) is 35.1 Å². The quantitative estimate of drug-likeness (QED) is 0.0180. The van der Waals surface area contributed by atoms with E-state index in [1.807, 2.05) is 12.1 Å². The lowest BCUT2D eigenvalue weighted by Gasteiger charge is -2.26. The molecule has 0 amide bonds. The molecule has 0 N–H and O–H groups in total. The monoisotopic (exact) mass is 1230 g/mol. The third-order valence-corrected chi connectivity index (χ3v) is 16.1. The predicted molar refractivity (Wildman–Crippen MR) is 295 cm³/mol. The highest BCUT2D eigenvalue weighted by atomic mass is 35.5. The first-order valence-electron chi connectivity index (χ1n) is 26.1. The van der Waals surface area contributed by atoms with Crippen LogP contribution in [0.3, 0.4) is 0 Å². The summed E-state index contributed by atoms with van der Waals surface area (Å²) in [4.78, 5) is 125. The fourth-order valence-electron chi connectivity index (χ4n) is 8.37. The van der Waals surface area contributed by atoms with Crippen molar-refractivity contribution in [2.45, 2.75) is 100 Å². The number of nitriles is 2. The van der Waals surface area contributed by atoms with Crippen molar-refractivity contribution in [1.82, 2.24) is 0 Å². The summed E-state index contributed by atoms with van der Waals surface area (Å²) in [5.74, 6) is -8.26. The number of rotatable bonds is 26. The number of hydrogen-bond acceptors (Lipinski definition) is 24. The third-order valence-electron chi connectivity index (χ3n) is 12.9. The molecule has 0 radical (unpaired) electrons. The second-order valence-corrected chi connectivity index (χ2v) is 21.7. The van der Waals surface area contributed by atoms with Crippen molar-refractivity contribution in [3.63, 3.8) is 0 Å². The number of thioether (sulfide) groups is 2. The van der Waals surface area contributed by atoms with Gasteiger partial charge in [-0.15, -0.1) is 0 Å². The lowest BCUT2D eigenvalue weighted by atomic mass is 9.82. The first-order valence-corrected chi connectivity index (χ1v) is 28.5. The Morgan fingerprint density at radius 2 is 0.762 bits per heavy atom. The summed E-state index contributed by atoms with van der Waals surface area (Å²) in [7, 11) is 0. The van der Waals surface area contributed by atoms with Crippen LogP contribution in [0.15, 0.2) is 93.4 Å². The van der Waals surface area contributed by atoms with E-state index >= 15 is 0 Å². The van der Waals surface area contributed by atoms with Crippen LogP contribution in [0, 0.1) is 46.3 Å². The maximum Gasteiger partial charge on any atom is 0.330 e. The first-order chi connectivity index (χ1) is 40.4. The van der Waals surface area contributed by atoms with Crippen molar-refractivity contribution in [1.29, 1.82) is 10.5 Å². The van der Waals surface area contributed by atoms with Crippen LogP contribution in [0.2, 0.25) is 10.0 Å². The van der Waals surface area contributed by atoms with E-state index in [2.05, 4.69) is 13.2 Å². The minimum Gasteiger partial charge on any atom is -0.462 e. The highest BCUT2D eigenvalue weighted by Gasteiger charge is 2.37. The molecule has 0 bridgehead atoms.